The predicted octanol–water partition coefficient (Wildman–Crippen LogP) is 4.53. The van der Waals surface area contributed by atoms with Crippen LogP contribution in [-0.4, -0.2) is 11.5 Å². The Morgan fingerprint density at radius 3 is 2.90 bits per heavy atom. The van der Waals surface area contributed by atoms with E-state index in [4.69, 9.17) is 11.6 Å². The summed E-state index contributed by atoms with van der Waals surface area (Å²) in [6.07, 6.45) is 2.33. The molecule has 0 amide bonds. The maximum atomic E-state index is 13.4. The third kappa shape index (κ3) is 3.78. The molecule has 1 heterocycles. The molecule has 2 rings (SSSR count). The van der Waals surface area contributed by atoms with Gasteiger partial charge < -0.3 is 5.32 Å². The van der Waals surface area contributed by atoms with Gasteiger partial charge in [0.05, 0.1) is 16.8 Å². The van der Waals surface area contributed by atoms with E-state index >= 15 is 0 Å². The van der Waals surface area contributed by atoms with Gasteiger partial charge in [0.2, 0.25) is 0 Å². The molecule has 1 unspecified atom stereocenters. The first-order chi connectivity index (χ1) is 9.61. The maximum absolute atomic E-state index is 13.4. The quantitative estimate of drug-likeness (QED) is 0.850. The highest BCUT2D eigenvalue weighted by atomic mass is 79.9. The lowest BCUT2D eigenvalue weighted by Gasteiger charge is -2.19. The zero-order chi connectivity index (χ0) is 14.5. The highest BCUT2D eigenvalue weighted by Gasteiger charge is 2.17. The first-order valence-corrected chi connectivity index (χ1v) is 7.56. The number of benzene rings is 1. The molecule has 0 aliphatic carbocycles. The van der Waals surface area contributed by atoms with Crippen molar-refractivity contribution in [3.8, 4) is 0 Å². The lowest BCUT2D eigenvalue weighted by molar-refractivity contribution is 0.533. The summed E-state index contributed by atoms with van der Waals surface area (Å²) in [7, 11) is 0. The Morgan fingerprint density at radius 2 is 2.20 bits per heavy atom. The molecule has 2 aromatic rings. The molecule has 20 heavy (non-hydrogen) atoms. The first kappa shape index (κ1) is 15.4. The molecule has 0 saturated carbocycles. The van der Waals surface area contributed by atoms with E-state index in [1.807, 2.05) is 13.0 Å². The number of halogens is 3. The lowest BCUT2D eigenvalue weighted by atomic mass is 10.0. The number of hydrogen-bond donors (Lipinski definition) is 1. The molecule has 106 valence electrons. The third-order valence-corrected chi connectivity index (χ3v) is 4.09. The molecular formula is C15H15BrClFN2. The topological polar surface area (TPSA) is 24.9 Å². The van der Waals surface area contributed by atoms with Crippen LogP contribution >= 0.6 is 27.5 Å². The Labute approximate surface area is 131 Å². The summed E-state index contributed by atoms with van der Waals surface area (Å²) in [6, 6.07) is 8.25. The Kier molecular flexibility index (Phi) is 5.52. The molecule has 0 spiro atoms. The van der Waals surface area contributed by atoms with Gasteiger partial charge in [-0.1, -0.05) is 34.5 Å². The van der Waals surface area contributed by atoms with Gasteiger partial charge in [0.15, 0.2) is 0 Å². The largest absolute Gasteiger partial charge is 0.309 e. The van der Waals surface area contributed by atoms with E-state index in [-0.39, 0.29) is 11.9 Å². The third-order valence-electron chi connectivity index (χ3n) is 3.00. The number of nitrogens with one attached hydrogen (secondary N) is 1. The summed E-state index contributed by atoms with van der Waals surface area (Å²) in [5, 5.41) is 3.96. The summed E-state index contributed by atoms with van der Waals surface area (Å²) in [4.78, 5) is 4.34. The molecule has 2 nitrogen and oxygen atoms in total. The van der Waals surface area contributed by atoms with Crippen molar-refractivity contribution in [2.24, 2.45) is 0 Å². The zero-order valence-corrected chi connectivity index (χ0v) is 13.4. The second-order valence-electron chi connectivity index (χ2n) is 4.42. The summed E-state index contributed by atoms with van der Waals surface area (Å²) >= 11 is 9.66. The van der Waals surface area contributed by atoms with Crippen molar-refractivity contribution in [1.29, 1.82) is 0 Å². The average Bonchev–Trinajstić information content (AvgIpc) is 2.43. The average molecular weight is 358 g/mol. The van der Waals surface area contributed by atoms with Crippen molar-refractivity contribution in [3.05, 3.63) is 63.1 Å². The maximum Gasteiger partial charge on any atom is 0.123 e. The van der Waals surface area contributed by atoms with Crippen molar-refractivity contribution < 1.29 is 4.39 Å². The predicted molar refractivity (Wildman–Crippen MR) is 83.5 cm³/mol. The Bertz CT molecular complexity index is 592. The van der Waals surface area contributed by atoms with E-state index in [1.54, 1.807) is 18.3 Å². The van der Waals surface area contributed by atoms with Gasteiger partial charge in [-0.3, -0.25) is 4.98 Å². The molecule has 0 saturated heterocycles. The fourth-order valence-electron chi connectivity index (χ4n) is 2.09. The van der Waals surface area contributed by atoms with Crippen LogP contribution in [-0.2, 0) is 6.42 Å². The number of rotatable bonds is 5. The van der Waals surface area contributed by atoms with Gasteiger partial charge in [-0.2, -0.15) is 0 Å². The van der Waals surface area contributed by atoms with Gasteiger partial charge in [-0.25, -0.2) is 4.39 Å². The highest BCUT2D eigenvalue weighted by Crippen LogP contribution is 2.27. The summed E-state index contributed by atoms with van der Waals surface area (Å²) in [6.45, 7) is 2.80. The minimum absolute atomic E-state index is 0.0493. The van der Waals surface area contributed by atoms with Crippen LogP contribution < -0.4 is 5.32 Å². The molecule has 0 radical (unpaired) electrons. The molecule has 1 atom stereocenters. The van der Waals surface area contributed by atoms with Gasteiger partial charge in [0.1, 0.15) is 5.82 Å². The van der Waals surface area contributed by atoms with Gasteiger partial charge in [0.25, 0.3) is 0 Å². The lowest BCUT2D eigenvalue weighted by Crippen LogP contribution is -2.24. The molecule has 0 bridgehead atoms. The highest BCUT2D eigenvalue weighted by molar-refractivity contribution is 9.10. The molecule has 0 aliphatic rings. The van der Waals surface area contributed by atoms with Crippen molar-refractivity contribution in [1.82, 2.24) is 10.3 Å². The molecular weight excluding hydrogens is 343 g/mol. The van der Waals surface area contributed by atoms with E-state index in [2.05, 4.69) is 26.2 Å². The van der Waals surface area contributed by atoms with E-state index in [0.717, 1.165) is 22.3 Å². The summed E-state index contributed by atoms with van der Waals surface area (Å²) in [5.41, 5.74) is 1.67. The normalized spacial score (nSPS) is 12.4. The smallest absolute Gasteiger partial charge is 0.123 e. The van der Waals surface area contributed by atoms with Gasteiger partial charge in [-0.05, 0) is 48.9 Å². The number of likely N-dealkylation sites (N-methyl/N-ethyl adjacent to an activating group) is 1. The van der Waals surface area contributed by atoms with Crippen LogP contribution in [0.4, 0.5) is 4.39 Å². The van der Waals surface area contributed by atoms with Crippen LogP contribution in [0.15, 0.2) is 41.0 Å². The van der Waals surface area contributed by atoms with Crippen LogP contribution in [0.2, 0.25) is 5.02 Å². The standard InChI is InChI=1S/C15H15BrClFN2/c1-2-19-14(15-13(17)4-3-7-20-15)9-10-8-11(18)5-6-12(10)16/h3-8,14,19H,2,9H2,1H3. The molecule has 0 aliphatic heterocycles. The fourth-order valence-corrected chi connectivity index (χ4v) is 2.75. The van der Waals surface area contributed by atoms with E-state index in [1.165, 1.54) is 12.1 Å². The molecule has 1 aromatic heterocycles. The number of pyridine rings is 1. The molecule has 0 fully saturated rings. The van der Waals surface area contributed by atoms with Crippen LogP contribution in [0.25, 0.3) is 0 Å². The minimum atomic E-state index is -0.245. The molecule has 1 aromatic carbocycles. The van der Waals surface area contributed by atoms with Crippen molar-refractivity contribution >= 4 is 27.5 Å². The van der Waals surface area contributed by atoms with Gasteiger partial charge in [0, 0.05) is 10.7 Å². The summed E-state index contributed by atoms with van der Waals surface area (Å²) < 4.78 is 14.3. The van der Waals surface area contributed by atoms with Crippen LogP contribution in [0.5, 0.6) is 0 Å². The van der Waals surface area contributed by atoms with E-state index < -0.39 is 0 Å². The van der Waals surface area contributed by atoms with Gasteiger partial charge >= 0.3 is 0 Å². The van der Waals surface area contributed by atoms with Crippen LogP contribution in [0, 0.1) is 5.82 Å². The second kappa shape index (κ2) is 7.16. The van der Waals surface area contributed by atoms with E-state index in [9.17, 15) is 4.39 Å². The monoisotopic (exact) mass is 356 g/mol. The Hall–Kier alpha value is -0.970. The summed E-state index contributed by atoms with van der Waals surface area (Å²) in [5.74, 6) is -0.245. The van der Waals surface area contributed by atoms with Crippen molar-refractivity contribution in [2.75, 3.05) is 6.54 Å². The number of aromatic nitrogens is 1. The second-order valence-corrected chi connectivity index (χ2v) is 5.68. The van der Waals surface area contributed by atoms with E-state index in [0.29, 0.717) is 11.4 Å². The SMILES string of the molecule is CCNC(Cc1cc(F)ccc1Br)c1ncccc1Cl. The van der Waals surface area contributed by atoms with Gasteiger partial charge in [-0.15, -0.1) is 0 Å². The zero-order valence-electron chi connectivity index (χ0n) is 11.0. The van der Waals surface area contributed by atoms with Crippen LogP contribution in [0.3, 0.4) is 0 Å². The fraction of sp³-hybridized carbons (Fsp3) is 0.267. The Balaban J connectivity index is 2.30. The van der Waals surface area contributed by atoms with Crippen molar-refractivity contribution in [2.45, 2.75) is 19.4 Å². The van der Waals surface area contributed by atoms with Crippen LogP contribution in [0.1, 0.15) is 24.2 Å². The molecule has 5 heteroatoms. The number of nitrogens with zero attached hydrogens (tertiary/aromatic N) is 1. The molecule has 1 N–H and O–H groups in total. The minimum Gasteiger partial charge on any atom is -0.309 e. The Morgan fingerprint density at radius 1 is 1.40 bits per heavy atom. The van der Waals surface area contributed by atoms with Crippen molar-refractivity contribution in [3.63, 3.8) is 0 Å². The first-order valence-electron chi connectivity index (χ1n) is 6.39. The number of hydrogen-bond acceptors (Lipinski definition) is 2.